The van der Waals surface area contributed by atoms with Crippen LogP contribution in [0.25, 0.3) is 11.1 Å². The van der Waals surface area contributed by atoms with Crippen molar-refractivity contribution in [2.24, 2.45) is 0 Å². The third kappa shape index (κ3) is 3.09. The summed E-state index contributed by atoms with van der Waals surface area (Å²) < 4.78 is 18.9. The van der Waals surface area contributed by atoms with Gasteiger partial charge in [-0.1, -0.05) is 18.6 Å². The number of aliphatic hydroxyl groups is 1. The first-order chi connectivity index (χ1) is 12.2. The third-order valence-corrected chi connectivity index (χ3v) is 5.50. The Morgan fingerprint density at radius 3 is 2.20 bits per heavy atom. The average Bonchev–Trinajstić information content (AvgIpc) is 3.40. The minimum Gasteiger partial charge on any atom is -0.392 e. The first-order valence-electron chi connectivity index (χ1n) is 9.14. The fourth-order valence-electron chi connectivity index (χ4n) is 3.83. The quantitative estimate of drug-likeness (QED) is 0.830. The normalized spacial score (nSPS) is 17.6. The molecule has 4 rings (SSSR count). The predicted molar refractivity (Wildman–Crippen MR) is 94.8 cm³/mol. The topological polar surface area (TPSA) is 42.4 Å². The van der Waals surface area contributed by atoms with Gasteiger partial charge >= 0.3 is 0 Å². The van der Waals surface area contributed by atoms with Gasteiger partial charge in [-0.15, -0.1) is 0 Å². The van der Waals surface area contributed by atoms with Crippen LogP contribution in [0.2, 0.25) is 0 Å². The van der Waals surface area contributed by atoms with Crippen LogP contribution in [0.3, 0.4) is 0 Å². The zero-order chi connectivity index (χ0) is 17.4. The molecule has 0 atom stereocenters. The number of aliphatic hydroxyl groups excluding tert-OH is 1. The van der Waals surface area contributed by atoms with Gasteiger partial charge < -0.3 is 9.84 Å². The molecule has 0 spiro atoms. The Labute approximate surface area is 147 Å². The van der Waals surface area contributed by atoms with Gasteiger partial charge in [-0.2, -0.15) is 0 Å². The van der Waals surface area contributed by atoms with E-state index in [1.807, 2.05) is 0 Å². The highest BCUT2D eigenvalue weighted by Gasteiger charge is 2.34. The lowest BCUT2D eigenvalue weighted by Crippen LogP contribution is -2.18. The van der Waals surface area contributed by atoms with Crippen LogP contribution in [-0.2, 0) is 18.0 Å². The highest BCUT2D eigenvalue weighted by atomic mass is 19.1. The maximum absolute atomic E-state index is 13.4. The van der Waals surface area contributed by atoms with E-state index in [-0.39, 0.29) is 12.4 Å². The lowest BCUT2D eigenvalue weighted by molar-refractivity contribution is 0.182. The Balaban J connectivity index is 1.96. The van der Waals surface area contributed by atoms with E-state index in [0.717, 1.165) is 59.3 Å². The molecule has 2 aliphatic rings. The molecule has 25 heavy (non-hydrogen) atoms. The molecule has 132 valence electrons. The number of nitrogens with zero attached hydrogens (tertiary/aromatic N) is 1. The van der Waals surface area contributed by atoms with E-state index in [0.29, 0.717) is 18.4 Å². The molecule has 2 saturated carbocycles. The van der Waals surface area contributed by atoms with Crippen LogP contribution < -0.4 is 0 Å². The zero-order valence-electron chi connectivity index (χ0n) is 14.6. The Kier molecular flexibility index (Phi) is 4.57. The minimum absolute atomic E-state index is 0.0484. The Morgan fingerprint density at radius 2 is 1.68 bits per heavy atom. The van der Waals surface area contributed by atoms with Crippen molar-refractivity contribution in [2.75, 3.05) is 7.11 Å². The maximum Gasteiger partial charge on any atom is 0.123 e. The van der Waals surface area contributed by atoms with Crippen molar-refractivity contribution in [3.63, 3.8) is 0 Å². The molecule has 0 saturated heterocycles. The number of benzene rings is 1. The lowest BCUT2D eigenvalue weighted by atomic mass is 9.78. The van der Waals surface area contributed by atoms with Crippen LogP contribution in [0, 0.1) is 5.82 Å². The van der Waals surface area contributed by atoms with Gasteiger partial charge in [0.2, 0.25) is 0 Å². The highest BCUT2D eigenvalue weighted by Crippen LogP contribution is 2.47. The smallest absolute Gasteiger partial charge is 0.123 e. The monoisotopic (exact) mass is 341 g/mol. The summed E-state index contributed by atoms with van der Waals surface area (Å²) in [5, 5.41) is 10.1. The van der Waals surface area contributed by atoms with E-state index in [4.69, 9.17) is 9.72 Å². The molecule has 2 aromatic rings. The van der Waals surface area contributed by atoms with Crippen molar-refractivity contribution in [3.05, 3.63) is 52.6 Å². The molecule has 1 heterocycles. The largest absolute Gasteiger partial charge is 0.392 e. The third-order valence-electron chi connectivity index (χ3n) is 5.50. The van der Waals surface area contributed by atoms with Crippen molar-refractivity contribution >= 4 is 0 Å². The Bertz CT molecular complexity index is 764. The average molecular weight is 341 g/mol. The number of methoxy groups -OCH3 is 1. The van der Waals surface area contributed by atoms with Gasteiger partial charge in [0.1, 0.15) is 5.82 Å². The molecular formula is C21H24FNO2. The molecule has 1 N–H and O–H groups in total. The molecule has 0 aliphatic heterocycles. The van der Waals surface area contributed by atoms with Gasteiger partial charge in [-0.25, -0.2) is 4.39 Å². The number of halogens is 1. The summed E-state index contributed by atoms with van der Waals surface area (Å²) in [5.74, 6) is 0.685. The van der Waals surface area contributed by atoms with Gasteiger partial charge in [-0.05, 0) is 48.9 Å². The zero-order valence-corrected chi connectivity index (χ0v) is 14.6. The van der Waals surface area contributed by atoms with Crippen molar-refractivity contribution in [1.29, 1.82) is 0 Å². The first-order valence-corrected chi connectivity index (χ1v) is 9.14. The van der Waals surface area contributed by atoms with Crippen LogP contribution >= 0.6 is 0 Å². The van der Waals surface area contributed by atoms with Gasteiger partial charge in [-0.3, -0.25) is 4.98 Å². The summed E-state index contributed by atoms with van der Waals surface area (Å²) in [5.41, 5.74) is 6.07. The molecule has 1 aromatic heterocycles. The molecule has 0 unspecified atom stereocenters. The summed E-state index contributed by atoms with van der Waals surface area (Å²) in [6.45, 7) is 0.413. The number of rotatable bonds is 6. The van der Waals surface area contributed by atoms with Crippen molar-refractivity contribution in [3.8, 4) is 11.1 Å². The van der Waals surface area contributed by atoms with E-state index >= 15 is 0 Å². The number of hydrogen-bond donors (Lipinski definition) is 1. The number of ether oxygens (including phenoxy) is 1. The standard InChI is InChI=1S/C21H24FNO2/c1-25-12-18-19(13-7-9-16(22)10-8-13)17(11-24)20(15-5-6-15)23-21(18)14-3-2-4-14/h7-10,14-15,24H,2-6,11-12H2,1H3. The first kappa shape index (κ1) is 16.7. The Morgan fingerprint density at radius 1 is 1.04 bits per heavy atom. The molecule has 1 aromatic carbocycles. The van der Waals surface area contributed by atoms with Crippen LogP contribution in [-0.4, -0.2) is 17.2 Å². The predicted octanol–water partition coefficient (Wildman–Crippen LogP) is 4.67. The summed E-state index contributed by atoms with van der Waals surface area (Å²) in [6.07, 6.45) is 5.84. The molecule has 2 fully saturated rings. The van der Waals surface area contributed by atoms with Crippen molar-refractivity contribution in [2.45, 2.75) is 57.2 Å². The van der Waals surface area contributed by atoms with Gasteiger partial charge in [0.15, 0.2) is 0 Å². The van der Waals surface area contributed by atoms with Gasteiger partial charge in [0, 0.05) is 41.5 Å². The van der Waals surface area contributed by atoms with Crippen molar-refractivity contribution in [1.82, 2.24) is 4.98 Å². The fraction of sp³-hybridized carbons (Fsp3) is 0.476. The summed E-state index contributed by atoms with van der Waals surface area (Å²) in [6, 6.07) is 6.55. The van der Waals surface area contributed by atoms with E-state index in [2.05, 4.69) is 0 Å². The SMILES string of the molecule is COCc1c(C2CCC2)nc(C2CC2)c(CO)c1-c1ccc(F)cc1. The molecule has 0 radical (unpaired) electrons. The summed E-state index contributed by atoms with van der Waals surface area (Å²) >= 11 is 0. The minimum atomic E-state index is -0.252. The molecule has 0 bridgehead atoms. The van der Waals surface area contributed by atoms with E-state index in [9.17, 15) is 9.50 Å². The second-order valence-electron chi connectivity index (χ2n) is 7.21. The van der Waals surface area contributed by atoms with Crippen molar-refractivity contribution < 1.29 is 14.2 Å². The summed E-state index contributed by atoms with van der Waals surface area (Å²) in [7, 11) is 1.69. The molecule has 3 nitrogen and oxygen atoms in total. The number of pyridine rings is 1. The van der Waals surface area contributed by atoms with E-state index in [1.165, 1.54) is 18.6 Å². The molecular weight excluding hydrogens is 317 g/mol. The maximum atomic E-state index is 13.4. The number of aromatic nitrogens is 1. The number of hydrogen-bond acceptors (Lipinski definition) is 3. The molecule has 4 heteroatoms. The van der Waals surface area contributed by atoms with E-state index < -0.39 is 0 Å². The Hall–Kier alpha value is -1.78. The van der Waals surface area contributed by atoms with Crippen LogP contribution in [0.5, 0.6) is 0 Å². The second kappa shape index (κ2) is 6.85. The second-order valence-corrected chi connectivity index (χ2v) is 7.21. The molecule has 2 aliphatic carbocycles. The summed E-state index contributed by atoms with van der Waals surface area (Å²) in [4.78, 5) is 5.04. The van der Waals surface area contributed by atoms with Gasteiger partial charge in [0.05, 0.1) is 13.2 Å². The van der Waals surface area contributed by atoms with Crippen LogP contribution in [0.4, 0.5) is 4.39 Å². The molecule has 0 amide bonds. The highest BCUT2D eigenvalue weighted by molar-refractivity contribution is 5.73. The lowest BCUT2D eigenvalue weighted by Gasteiger charge is -2.30. The van der Waals surface area contributed by atoms with Crippen LogP contribution in [0.15, 0.2) is 24.3 Å². The van der Waals surface area contributed by atoms with Crippen LogP contribution in [0.1, 0.15) is 66.5 Å². The fourth-order valence-corrected chi connectivity index (χ4v) is 3.83. The van der Waals surface area contributed by atoms with Gasteiger partial charge in [0.25, 0.3) is 0 Å². The van der Waals surface area contributed by atoms with E-state index in [1.54, 1.807) is 19.2 Å².